The molecule has 0 amide bonds. The van der Waals surface area contributed by atoms with E-state index in [1.54, 1.807) is 0 Å². The highest BCUT2D eigenvalue weighted by atomic mass is 13.9. The monoisotopic (exact) mass is 142 g/mol. The van der Waals surface area contributed by atoms with Crippen LogP contribution in [0.2, 0.25) is 0 Å². The molecular formula is C11H10. The van der Waals surface area contributed by atoms with Crippen molar-refractivity contribution >= 4 is 5.57 Å². The van der Waals surface area contributed by atoms with Crippen molar-refractivity contribution in [1.29, 1.82) is 0 Å². The summed E-state index contributed by atoms with van der Waals surface area (Å²) in [5.41, 5.74) is 1.98. The third-order valence-electron chi connectivity index (χ3n) is 1.40. The van der Waals surface area contributed by atoms with E-state index in [9.17, 15) is 0 Å². The lowest BCUT2D eigenvalue weighted by Gasteiger charge is -1.94. The quantitative estimate of drug-likeness (QED) is 0.529. The second-order valence-corrected chi connectivity index (χ2v) is 2.22. The molecule has 54 valence electrons. The van der Waals surface area contributed by atoms with Gasteiger partial charge in [-0.2, -0.15) is 0 Å². The van der Waals surface area contributed by atoms with E-state index >= 15 is 0 Å². The molecule has 0 aliphatic carbocycles. The Bertz CT molecular complexity index is 296. The second-order valence-electron chi connectivity index (χ2n) is 2.22. The van der Waals surface area contributed by atoms with Crippen molar-refractivity contribution in [2.75, 3.05) is 0 Å². The molecule has 0 bridgehead atoms. The van der Waals surface area contributed by atoms with Crippen LogP contribution in [-0.2, 0) is 0 Å². The lowest BCUT2D eigenvalue weighted by molar-refractivity contribution is 1.64. The molecule has 0 aliphatic heterocycles. The van der Waals surface area contributed by atoms with Crippen LogP contribution in [0.4, 0.5) is 0 Å². The van der Waals surface area contributed by atoms with Gasteiger partial charge in [0, 0.05) is 5.57 Å². The first-order valence-corrected chi connectivity index (χ1v) is 3.51. The summed E-state index contributed by atoms with van der Waals surface area (Å²) in [6.45, 7) is 5.65. The molecule has 0 fully saturated rings. The van der Waals surface area contributed by atoms with E-state index in [0.29, 0.717) is 0 Å². The van der Waals surface area contributed by atoms with Gasteiger partial charge in [0.15, 0.2) is 0 Å². The van der Waals surface area contributed by atoms with E-state index in [1.165, 1.54) is 0 Å². The summed E-state index contributed by atoms with van der Waals surface area (Å²) in [6.07, 6.45) is 0. The van der Waals surface area contributed by atoms with Crippen molar-refractivity contribution < 1.29 is 0 Å². The lowest BCUT2D eigenvalue weighted by Crippen LogP contribution is -1.76. The van der Waals surface area contributed by atoms with Gasteiger partial charge in [-0.1, -0.05) is 42.8 Å². The molecular weight excluding hydrogens is 132 g/mol. The predicted molar refractivity (Wildman–Crippen MR) is 48.9 cm³/mol. The predicted octanol–water partition coefficient (Wildman–Crippen LogP) is 2.72. The van der Waals surface area contributed by atoms with Gasteiger partial charge in [0.2, 0.25) is 0 Å². The summed E-state index contributed by atoms with van der Waals surface area (Å²) < 4.78 is 0. The fourth-order valence-corrected chi connectivity index (χ4v) is 0.862. The standard InChI is InChI=1S/C11H10/c1-3-7-10(2)11-8-5-4-6-9-11/h4-6,8-9H,2H2,1H3. The van der Waals surface area contributed by atoms with Crippen LogP contribution < -0.4 is 0 Å². The molecule has 0 spiro atoms. The summed E-state index contributed by atoms with van der Waals surface area (Å²) in [6, 6.07) is 9.96. The summed E-state index contributed by atoms with van der Waals surface area (Å²) in [4.78, 5) is 0. The first kappa shape index (κ1) is 7.63. The van der Waals surface area contributed by atoms with Gasteiger partial charge in [-0.05, 0) is 12.5 Å². The Morgan fingerprint density at radius 3 is 2.45 bits per heavy atom. The highest BCUT2D eigenvalue weighted by Crippen LogP contribution is 2.09. The fourth-order valence-electron chi connectivity index (χ4n) is 0.862. The Morgan fingerprint density at radius 1 is 1.27 bits per heavy atom. The van der Waals surface area contributed by atoms with E-state index in [2.05, 4.69) is 18.4 Å². The van der Waals surface area contributed by atoms with Crippen molar-refractivity contribution in [3.05, 3.63) is 42.5 Å². The van der Waals surface area contributed by atoms with E-state index in [1.807, 2.05) is 37.3 Å². The van der Waals surface area contributed by atoms with Gasteiger partial charge >= 0.3 is 0 Å². The number of allylic oxidation sites excluding steroid dienone is 1. The highest BCUT2D eigenvalue weighted by molar-refractivity contribution is 5.76. The van der Waals surface area contributed by atoms with Crippen LogP contribution in [0.1, 0.15) is 12.5 Å². The van der Waals surface area contributed by atoms with Gasteiger partial charge in [0.1, 0.15) is 0 Å². The highest BCUT2D eigenvalue weighted by Gasteiger charge is 1.90. The maximum Gasteiger partial charge on any atom is 0.0245 e. The molecule has 0 N–H and O–H groups in total. The molecule has 0 unspecified atom stereocenters. The Kier molecular flexibility index (Phi) is 2.52. The van der Waals surface area contributed by atoms with Crippen LogP contribution in [0.3, 0.4) is 0 Å². The summed E-state index contributed by atoms with van der Waals surface area (Å²) in [5.74, 6) is 5.73. The molecule has 1 aromatic rings. The zero-order valence-corrected chi connectivity index (χ0v) is 6.59. The molecule has 11 heavy (non-hydrogen) atoms. The van der Waals surface area contributed by atoms with Crippen molar-refractivity contribution in [3.63, 3.8) is 0 Å². The van der Waals surface area contributed by atoms with Crippen LogP contribution in [0, 0.1) is 11.8 Å². The van der Waals surface area contributed by atoms with Crippen molar-refractivity contribution in [2.24, 2.45) is 0 Å². The number of benzene rings is 1. The number of hydrogen-bond acceptors (Lipinski definition) is 0. The summed E-state index contributed by atoms with van der Waals surface area (Å²) in [7, 11) is 0. The minimum absolute atomic E-state index is 0.883. The maximum atomic E-state index is 3.84. The molecule has 0 aliphatic rings. The minimum atomic E-state index is 0.883. The topological polar surface area (TPSA) is 0 Å². The van der Waals surface area contributed by atoms with E-state index in [-0.39, 0.29) is 0 Å². The Balaban J connectivity index is 2.92. The molecule has 0 saturated carbocycles. The Morgan fingerprint density at radius 2 is 1.91 bits per heavy atom. The smallest absolute Gasteiger partial charge is 0.0245 e. The molecule has 0 radical (unpaired) electrons. The molecule has 1 aromatic carbocycles. The van der Waals surface area contributed by atoms with Crippen LogP contribution in [0.5, 0.6) is 0 Å². The first-order valence-electron chi connectivity index (χ1n) is 3.51. The molecule has 0 aromatic heterocycles. The van der Waals surface area contributed by atoms with Gasteiger partial charge in [-0.3, -0.25) is 0 Å². The average Bonchev–Trinajstić information content (AvgIpc) is 2.07. The molecule has 0 heteroatoms. The second kappa shape index (κ2) is 3.63. The third kappa shape index (κ3) is 1.98. The van der Waals surface area contributed by atoms with E-state index < -0.39 is 0 Å². The lowest BCUT2D eigenvalue weighted by atomic mass is 10.1. The largest absolute Gasteiger partial charge is 0.101 e. The van der Waals surface area contributed by atoms with Gasteiger partial charge in [0.05, 0.1) is 0 Å². The molecule has 0 nitrogen and oxygen atoms in total. The summed E-state index contributed by atoms with van der Waals surface area (Å²) in [5, 5.41) is 0. The molecule has 0 saturated heterocycles. The van der Waals surface area contributed by atoms with Gasteiger partial charge < -0.3 is 0 Å². The number of rotatable bonds is 1. The van der Waals surface area contributed by atoms with E-state index in [0.717, 1.165) is 11.1 Å². The molecule has 1 rings (SSSR count). The number of hydrogen-bond donors (Lipinski definition) is 0. The zero-order chi connectivity index (χ0) is 8.10. The van der Waals surface area contributed by atoms with Crippen molar-refractivity contribution in [3.8, 4) is 11.8 Å². The summed E-state index contributed by atoms with van der Waals surface area (Å²) >= 11 is 0. The maximum absolute atomic E-state index is 3.84. The Hall–Kier alpha value is -1.48. The van der Waals surface area contributed by atoms with Crippen molar-refractivity contribution in [1.82, 2.24) is 0 Å². The van der Waals surface area contributed by atoms with Crippen LogP contribution in [-0.4, -0.2) is 0 Å². The van der Waals surface area contributed by atoms with Gasteiger partial charge in [0.25, 0.3) is 0 Å². The zero-order valence-electron chi connectivity index (χ0n) is 6.59. The fraction of sp³-hybridized carbons (Fsp3) is 0.0909. The normalized spacial score (nSPS) is 8.09. The van der Waals surface area contributed by atoms with Crippen LogP contribution >= 0.6 is 0 Å². The third-order valence-corrected chi connectivity index (χ3v) is 1.40. The Labute approximate surface area is 67.6 Å². The van der Waals surface area contributed by atoms with Crippen LogP contribution in [0.15, 0.2) is 36.9 Å². The van der Waals surface area contributed by atoms with Gasteiger partial charge in [-0.25, -0.2) is 0 Å². The van der Waals surface area contributed by atoms with Crippen LogP contribution in [0.25, 0.3) is 5.57 Å². The van der Waals surface area contributed by atoms with Crippen molar-refractivity contribution in [2.45, 2.75) is 6.92 Å². The van der Waals surface area contributed by atoms with E-state index in [4.69, 9.17) is 0 Å². The molecule has 0 atom stereocenters. The van der Waals surface area contributed by atoms with Gasteiger partial charge in [-0.15, -0.1) is 5.92 Å². The minimum Gasteiger partial charge on any atom is -0.101 e. The molecule has 0 heterocycles. The SMILES string of the molecule is C=C(C#CC)c1ccccc1. The first-order chi connectivity index (χ1) is 5.34. The average molecular weight is 142 g/mol.